The predicted molar refractivity (Wildman–Crippen MR) is 85.3 cm³/mol. The quantitative estimate of drug-likeness (QED) is 0.767. The van der Waals surface area contributed by atoms with Crippen molar-refractivity contribution in [2.24, 2.45) is 0 Å². The standard InChI is InChI=1S/C17H22N2O4/c20-16(14-7-8-15(23-14)17(21)22)18-10-9-12-6-5-11-3-1-2-4-13(11)19-12/h1-4,12,14-15,19H,5-10H2,(H,18,20)(H,21,22)/t12?,14-,15+/m1/s1. The van der Waals surface area contributed by atoms with Gasteiger partial charge in [0.15, 0.2) is 6.10 Å². The number of fused-ring (bicyclic) bond motifs is 1. The third-order valence-corrected chi connectivity index (χ3v) is 4.52. The summed E-state index contributed by atoms with van der Waals surface area (Å²) in [6.07, 6.45) is 2.33. The minimum absolute atomic E-state index is 0.204. The molecule has 1 fully saturated rings. The maximum absolute atomic E-state index is 12.0. The molecule has 1 unspecified atom stereocenters. The molecule has 0 aromatic heterocycles. The Morgan fingerprint density at radius 1 is 1.22 bits per heavy atom. The van der Waals surface area contributed by atoms with E-state index in [2.05, 4.69) is 22.8 Å². The molecule has 1 aromatic rings. The predicted octanol–water partition coefficient (Wildman–Crippen LogP) is 1.55. The summed E-state index contributed by atoms with van der Waals surface area (Å²) in [4.78, 5) is 22.8. The molecule has 124 valence electrons. The van der Waals surface area contributed by atoms with Crippen molar-refractivity contribution in [3.63, 3.8) is 0 Å². The van der Waals surface area contributed by atoms with Crippen molar-refractivity contribution >= 4 is 17.6 Å². The van der Waals surface area contributed by atoms with Crippen LogP contribution in [0.3, 0.4) is 0 Å². The van der Waals surface area contributed by atoms with Crippen LogP contribution in [0.4, 0.5) is 5.69 Å². The van der Waals surface area contributed by atoms with Gasteiger partial charge in [-0.2, -0.15) is 0 Å². The molecule has 0 radical (unpaired) electrons. The number of ether oxygens (including phenoxy) is 1. The van der Waals surface area contributed by atoms with E-state index in [1.165, 1.54) is 11.3 Å². The second kappa shape index (κ2) is 7.00. The van der Waals surface area contributed by atoms with E-state index in [1.54, 1.807) is 0 Å². The largest absolute Gasteiger partial charge is 0.479 e. The molecule has 3 N–H and O–H groups in total. The topological polar surface area (TPSA) is 87.7 Å². The normalized spacial score (nSPS) is 26.2. The highest BCUT2D eigenvalue weighted by atomic mass is 16.5. The van der Waals surface area contributed by atoms with E-state index in [0.29, 0.717) is 25.4 Å². The molecule has 0 spiro atoms. The smallest absolute Gasteiger partial charge is 0.332 e. The lowest BCUT2D eigenvalue weighted by Crippen LogP contribution is -2.38. The van der Waals surface area contributed by atoms with Gasteiger partial charge in [-0.25, -0.2) is 4.79 Å². The minimum Gasteiger partial charge on any atom is -0.479 e. The average Bonchev–Trinajstić information content (AvgIpc) is 3.05. The van der Waals surface area contributed by atoms with E-state index >= 15 is 0 Å². The highest BCUT2D eigenvalue weighted by Gasteiger charge is 2.34. The maximum atomic E-state index is 12.0. The number of nitrogens with one attached hydrogen (secondary N) is 2. The van der Waals surface area contributed by atoms with Gasteiger partial charge in [-0.15, -0.1) is 0 Å². The molecule has 3 atom stereocenters. The van der Waals surface area contributed by atoms with Gasteiger partial charge < -0.3 is 20.5 Å². The molecule has 2 aliphatic rings. The van der Waals surface area contributed by atoms with E-state index in [4.69, 9.17) is 9.84 Å². The van der Waals surface area contributed by atoms with Crippen molar-refractivity contribution in [3.8, 4) is 0 Å². The summed E-state index contributed by atoms with van der Waals surface area (Å²) in [5.41, 5.74) is 2.52. The summed E-state index contributed by atoms with van der Waals surface area (Å²) in [5.74, 6) is -1.20. The van der Waals surface area contributed by atoms with Gasteiger partial charge in [-0.3, -0.25) is 4.79 Å². The molecule has 0 bridgehead atoms. The average molecular weight is 318 g/mol. The first kappa shape index (κ1) is 15.8. The highest BCUT2D eigenvalue weighted by Crippen LogP contribution is 2.25. The first-order chi connectivity index (χ1) is 11.1. The Morgan fingerprint density at radius 2 is 2.00 bits per heavy atom. The molecule has 6 nitrogen and oxygen atoms in total. The van der Waals surface area contributed by atoms with Crippen LogP contribution in [-0.2, 0) is 20.7 Å². The van der Waals surface area contributed by atoms with Crippen molar-refractivity contribution in [2.75, 3.05) is 11.9 Å². The number of aryl methyl sites for hydroxylation is 1. The first-order valence-corrected chi connectivity index (χ1v) is 8.14. The van der Waals surface area contributed by atoms with Crippen molar-refractivity contribution < 1.29 is 19.4 Å². The third kappa shape index (κ3) is 3.82. The fourth-order valence-electron chi connectivity index (χ4n) is 3.21. The minimum atomic E-state index is -0.995. The molecule has 6 heteroatoms. The molecule has 2 aliphatic heterocycles. The molecule has 3 rings (SSSR count). The van der Waals surface area contributed by atoms with Crippen molar-refractivity contribution in [3.05, 3.63) is 29.8 Å². The van der Waals surface area contributed by atoms with Crippen LogP contribution < -0.4 is 10.6 Å². The SMILES string of the molecule is O=C(O)[C@@H]1CC[C@H](C(=O)NCCC2CCc3ccccc3N2)O1. The van der Waals surface area contributed by atoms with Crippen LogP contribution in [0.1, 0.15) is 31.2 Å². The summed E-state index contributed by atoms with van der Waals surface area (Å²) in [6, 6.07) is 8.63. The zero-order valence-electron chi connectivity index (χ0n) is 13.0. The zero-order chi connectivity index (χ0) is 16.2. The summed E-state index contributed by atoms with van der Waals surface area (Å²) in [7, 11) is 0. The van der Waals surface area contributed by atoms with Crippen LogP contribution in [-0.4, -0.2) is 41.8 Å². The summed E-state index contributed by atoms with van der Waals surface area (Å²) in [5, 5.41) is 15.2. The van der Waals surface area contributed by atoms with Gasteiger partial charge in [0.2, 0.25) is 5.91 Å². The van der Waals surface area contributed by atoms with Crippen LogP contribution in [0.5, 0.6) is 0 Å². The monoisotopic (exact) mass is 318 g/mol. The number of aliphatic carboxylic acids is 1. The number of hydrogen-bond acceptors (Lipinski definition) is 4. The van der Waals surface area contributed by atoms with Crippen LogP contribution in [0.2, 0.25) is 0 Å². The van der Waals surface area contributed by atoms with E-state index in [9.17, 15) is 9.59 Å². The summed E-state index contributed by atoms with van der Waals surface area (Å²) in [6.45, 7) is 0.566. The Bertz CT molecular complexity index is 590. The van der Waals surface area contributed by atoms with Gasteiger partial charge in [-0.1, -0.05) is 18.2 Å². The first-order valence-electron chi connectivity index (χ1n) is 8.14. The fraction of sp³-hybridized carbons (Fsp3) is 0.529. The van der Waals surface area contributed by atoms with E-state index in [-0.39, 0.29) is 5.91 Å². The molecular weight excluding hydrogens is 296 g/mol. The van der Waals surface area contributed by atoms with Crippen LogP contribution in [0.15, 0.2) is 24.3 Å². The molecule has 1 aromatic carbocycles. The van der Waals surface area contributed by atoms with Crippen LogP contribution in [0, 0.1) is 0 Å². The van der Waals surface area contributed by atoms with Crippen molar-refractivity contribution in [1.82, 2.24) is 5.32 Å². The highest BCUT2D eigenvalue weighted by molar-refractivity contribution is 5.82. The zero-order valence-corrected chi connectivity index (χ0v) is 13.0. The van der Waals surface area contributed by atoms with Crippen molar-refractivity contribution in [1.29, 1.82) is 0 Å². The number of amides is 1. The lowest BCUT2D eigenvalue weighted by Gasteiger charge is -2.27. The van der Waals surface area contributed by atoms with Crippen molar-refractivity contribution in [2.45, 2.75) is 50.4 Å². The van der Waals surface area contributed by atoms with Gasteiger partial charge in [-0.05, 0) is 43.7 Å². The Labute approximate surface area is 135 Å². The number of carbonyl (C=O) groups excluding carboxylic acids is 1. The Morgan fingerprint density at radius 3 is 2.78 bits per heavy atom. The maximum Gasteiger partial charge on any atom is 0.332 e. The number of benzene rings is 1. The number of anilines is 1. The Balaban J connectivity index is 1.40. The van der Waals surface area contributed by atoms with E-state index in [0.717, 1.165) is 19.3 Å². The van der Waals surface area contributed by atoms with E-state index in [1.807, 2.05) is 12.1 Å². The fourth-order valence-corrected chi connectivity index (χ4v) is 3.21. The number of carbonyl (C=O) groups is 2. The number of carboxylic acid groups (broad SMARTS) is 1. The Hall–Kier alpha value is -2.08. The number of rotatable bonds is 5. The van der Waals surface area contributed by atoms with Gasteiger partial charge in [0.1, 0.15) is 6.10 Å². The van der Waals surface area contributed by atoms with Gasteiger partial charge in [0.25, 0.3) is 0 Å². The molecular formula is C17H22N2O4. The summed E-state index contributed by atoms with van der Waals surface area (Å²) >= 11 is 0. The lowest BCUT2D eigenvalue weighted by molar-refractivity contribution is -0.151. The third-order valence-electron chi connectivity index (χ3n) is 4.52. The van der Waals surface area contributed by atoms with Crippen LogP contribution >= 0.6 is 0 Å². The Kier molecular flexibility index (Phi) is 4.81. The molecule has 23 heavy (non-hydrogen) atoms. The number of hydrogen-bond donors (Lipinski definition) is 3. The second-order valence-electron chi connectivity index (χ2n) is 6.15. The van der Waals surface area contributed by atoms with Crippen LogP contribution in [0.25, 0.3) is 0 Å². The lowest BCUT2D eigenvalue weighted by atomic mass is 9.96. The number of carboxylic acids is 1. The van der Waals surface area contributed by atoms with E-state index < -0.39 is 18.2 Å². The van der Waals surface area contributed by atoms with Gasteiger partial charge in [0.05, 0.1) is 0 Å². The van der Waals surface area contributed by atoms with Gasteiger partial charge in [0, 0.05) is 18.3 Å². The summed E-state index contributed by atoms with van der Waals surface area (Å²) < 4.78 is 5.25. The second-order valence-corrected chi connectivity index (χ2v) is 6.15. The molecule has 2 heterocycles. The number of para-hydroxylation sites is 1. The molecule has 1 saturated heterocycles. The molecule has 0 saturated carbocycles. The molecule has 0 aliphatic carbocycles. The molecule has 1 amide bonds. The van der Waals surface area contributed by atoms with Gasteiger partial charge >= 0.3 is 5.97 Å².